The molecule has 0 aliphatic rings. The Kier molecular flexibility index (Phi) is 4.29. The van der Waals surface area contributed by atoms with Gasteiger partial charge in [-0.1, -0.05) is 15.9 Å². The molecular weight excluding hydrogens is 342 g/mol. The highest BCUT2D eigenvalue weighted by Gasteiger charge is 2.14. The molecule has 0 spiro atoms. The van der Waals surface area contributed by atoms with Crippen LogP contribution in [0.2, 0.25) is 0 Å². The smallest absolute Gasteiger partial charge is 0.263 e. The van der Waals surface area contributed by atoms with Gasteiger partial charge in [-0.3, -0.25) is 4.72 Å². The molecule has 0 bridgehead atoms. The van der Waals surface area contributed by atoms with Gasteiger partial charge in [0, 0.05) is 23.4 Å². The van der Waals surface area contributed by atoms with Gasteiger partial charge in [0.1, 0.15) is 10.7 Å². The normalized spacial score (nSPS) is 11.2. The van der Waals surface area contributed by atoms with Crippen LogP contribution in [-0.2, 0) is 10.0 Å². The number of halogens is 1. The van der Waals surface area contributed by atoms with Gasteiger partial charge in [0.05, 0.1) is 0 Å². The van der Waals surface area contributed by atoms with E-state index >= 15 is 0 Å². The first-order valence-electron chi connectivity index (χ1n) is 5.85. The van der Waals surface area contributed by atoms with Crippen molar-refractivity contribution < 1.29 is 8.42 Å². The van der Waals surface area contributed by atoms with Crippen LogP contribution in [0.4, 0.5) is 11.5 Å². The Balaban J connectivity index is 2.27. The first kappa shape index (κ1) is 14.8. The molecule has 0 amide bonds. The highest BCUT2D eigenvalue weighted by Crippen LogP contribution is 2.22. The Hall–Kier alpha value is -1.60. The Bertz CT molecular complexity index is 715. The van der Waals surface area contributed by atoms with Crippen molar-refractivity contribution >= 4 is 37.5 Å². The van der Waals surface area contributed by atoms with Gasteiger partial charge >= 0.3 is 0 Å². The van der Waals surface area contributed by atoms with Crippen LogP contribution in [0.3, 0.4) is 0 Å². The van der Waals surface area contributed by atoms with Gasteiger partial charge in [0.25, 0.3) is 10.0 Å². The standard InChI is InChI=1S/C13H14BrN3O2S/c1-9-7-10(3-5-12(9)14)17-20(18,19)11-4-6-13(15-2)16-8-11/h3-8,17H,1-2H3,(H,15,16). The SMILES string of the molecule is CNc1ccc(S(=O)(=O)Nc2ccc(Br)c(C)c2)cn1. The van der Waals surface area contributed by atoms with E-state index in [2.05, 4.69) is 31.0 Å². The first-order valence-corrected chi connectivity index (χ1v) is 8.13. The van der Waals surface area contributed by atoms with Crippen molar-refractivity contribution in [2.75, 3.05) is 17.1 Å². The molecule has 0 saturated carbocycles. The summed E-state index contributed by atoms with van der Waals surface area (Å²) in [5.74, 6) is 0.614. The summed E-state index contributed by atoms with van der Waals surface area (Å²) in [6.07, 6.45) is 1.32. The van der Waals surface area contributed by atoms with E-state index < -0.39 is 10.0 Å². The van der Waals surface area contributed by atoms with Crippen LogP contribution in [0.5, 0.6) is 0 Å². The number of sulfonamides is 1. The number of anilines is 2. The predicted octanol–water partition coefficient (Wildman–Crippen LogP) is 3.00. The molecule has 1 heterocycles. The zero-order valence-electron chi connectivity index (χ0n) is 11.0. The molecule has 1 aromatic carbocycles. The lowest BCUT2D eigenvalue weighted by atomic mass is 10.2. The summed E-state index contributed by atoms with van der Waals surface area (Å²) in [4.78, 5) is 4.12. The van der Waals surface area contributed by atoms with Crippen molar-refractivity contribution in [1.82, 2.24) is 4.98 Å². The van der Waals surface area contributed by atoms with E-state index in [0.29, 0.717) is 11.5 Å². The van der Waals surface area contributed by atoms with Crippen LogP contribution < -0.4 is 10.0 Å². The third-order valence-electron chi connectivity index (χ3n) is 2.71. The lowest BCUT2D eigenvalue weighted by molar-refractivity contribution is 0.601. The summed E-state index contributed by atoms with van der Waals surface area (Å²) in [5, 5.41) is 2.84. The van der Waals surface area contributed by atoms with Gasteiger partial charge in [0.2, 0.25) is 0 Å². The summed E-state index contributed by atoms with van der Waals surface area (Å²) in [6.45, 7) is 1.89. The number of nitrogens with zero attached hydrogens (tertiary/aromatic N) is 1. The number of aromatic nitrogens is 1. The lowest BCUT2D eigenvalue weighted by Gasteiger charge is -2.09. The number of hydrogen-bond acceptors (Lipinski definition) is 4. The van der Waals surface area contributed by atoms with Crippen molar-refractivity contribution in [3.05, 3.63) is 46.6 Å². The monoisotopic (exact) mass is 355 g/mol. The maximum atomic E-state index is 12.2. The molecule has 2 N–H and O–H groups in total. The van der Waals surface area contributed by atoms with Gasteiger partial charge in [0.15, 0.2) is 0 Å². The van der Waals surface area contributed by atoms with Gasteiger partial charge in [-0.2, -0.15) is 0 Å². The minimum atomic E-state index is -3.62. The quantitative estimate of drug-likeness (QED) is 0.884. The number of aryl methyl sites for hydroxylation is 1. The molecule has 5 nitrogen and oxygen atoms in total. The molecule has 2 aromatic rings. The maximum absolute atomic E-state index is 12.2. The summed E-state index contributed by atoms with van der Waals surface area (Å²) in [7, 11) is -1.90. The number of hydrogen-bond donors (Lipinski definition) is 2. The van der Waals surface area contributed by atoms with Crippen LogP contribution in [0.25, 0.3) is 0 Å². The van der Waals surface area contributed by atoms with Crippen molar-refractivity contribution in [3.63, 3.8) is 0 Å². The Morgan fingerprint density at radius 2 is 1.95 bits per heavy atom. The minimum absolute atomic E-state index is 0.122. The predicted molar refractivity (Wildman–Crippen MR) is 83.5 cm³/mol. The number of nitrogens with one attached hydrogen (secondary N) is 2. The molecule has 0 fully saturated rings. The molecule has 0 atom stereocenters. The van der Waals surface area contributed by atoms with E-state index in [9.17, 15) is 8.42 Å². The molecule has 0 saturated heterocycles. The second-order valence-electron chi connectivity index (χ2n) is 4.20. The molecule has 0 radical (unpaired) electrons. The highest BCUT2D eigenvalue weighted by atomic mass is 79.9. The topological polar surface area (TPSA) is 71.1 Å². The van der Waals surface area contributed by atoms with Gasteiger partial charge in [-0.25, -0.2) is 13.4 Å². The molecule has 106 valence electrons. The van der Waals surface area contributed by atoms with Gasteiger partial charge in [-0.15, -0.1) is 0 Å². The minimum Gasteiger partial charge on any atom is -0.373 e. The average Bonchev–Trinajstić information content (AvgIpc) is 2.43. The summed E-state index contributed by atoms with van der Waals surface area (Å²) in [6, 6.07) is 8.38. The van der Waals surface area contributed by atoms with E-state index in [1.165, 1.54) is 12.3 Å². The fraction of sp³-hybridized carbons (Fsp3) is 0.154. The summed E-state index contributed by atoms with van der Waals surface area (Å²) >= 11 is 3.38. The highest BCUT2D eigenvalue weighted by molar-refractivity contribution is 9.10. The molecule has 7 heteroatoms. The zero-order chi connectivity index (χ0) is 14.8. The van der Waals surface area contributed by atoms with Crippen molar-refractivity contribution in [2.45, 2.75) is 11.8 Å². The van der Waals surface area contributed by atoms with Crippen LogP contribution >= 0.6 is 15.9 Å². The Morgan fingerprint density at radius 1 is 1.20 bits per heavy atom. The van der Waals surface area contributed by atoms with E-state index in [-0.39, 0.29) is 4.90 Å². The van der Waals surface area contributed by atoms with Crippen molar-refractivity contribution in [1.29, 1.82) is 0 Å². The molecule has 1 aromatic heterocycles. The number of pyridine rings is 1. The first-order chi connectivity index (χ1) is 9.42. The van der Waals surface area contributed by atoms with Gasteiger partial charge < -0.3 is 5.32 Å². The third kappa shape index (κ3) is 3.29. The van der Waals surface area contributed by atoms with Gasteiger partial charge in [-0.05, 0) is 42.8 Å². The lowest BCUT2D eigenvalue weighted by Crippen LogP contribution is -2.13. The molecule has 2 rings (SSSR count). The van der Waals surface area contributed by atoms with E-state index in [1.807, 2.05) is 6.92 Å². The fourth-order valence-electron chi connectivity index (χ4n) is 1.61. The Labute approximate surface area is 126 Å². The molecular formula is C13H14BrN3O2S. The molecule has 0 aliphatic heterocycles. The summed E-state index contributed by atoms with van der Waals surface area (Å²) in [5.41, 5.74) is 1.47. The maximum Gasteiger partial charge on any atom is 0.263 e. The van der Waals surface area contributed by atoms with Crippen LogP contribution in [-0.4, -0.2) is 20.4 Å². The number of rotatable bonds is 4. The second-order valence-corrected chi connectivity index (χ2v) is 6.74. The molecule has 20 heavy (non-hydrogen) atoms. The largest absolute Gasteiger partial charge is 0.373 e. The molecule has 0 unspecified atom stereocenters. The van der Waals surface area contributed by atoms with Crippen molar-refractivity contribution in [3.8, 4) is 0 Å². The van der Waals surface area contributed by atoms with Crippen LogP contribution in [0.1, 0.15) is 5.56 Å². The Morgan fingerprint density at radius 3 is 2.50 bits per heavy atom. The number of benzene rings is 1. The average molecular weight is 356 g/mol. The van der Waals surface area contributed by atoms with Crippen LogP contribution in [0, 0.1) is 6.92 Å². The second kappa shape index (κ2) is 5.80. The van der Waals surface area contributed by atoms with E-state index in [1.54, 1.807) is 31.3 Å². The summed E-state index contributed by atoms with van der Waals surface area (Å²) < 4.78 is 27.9. The molecule has 0 aliphatic carbocycles. The van der Waals surface area contributed by atoms with E-state index in [0.717, 1.165) is 10.0 Å². The third-order valence-corrected chi connectivity index (χ3v) is 4.97. The zero-order valence-corrected chi connectivity index (χ0v) is 13.4. The van der Waals surface area contributed by atoms with E-state index in [4.69, 9.17) is 0 Å². The van der Waals surface area contributed by atoms with Crippen molar-refractivity contribution in [2.24, 2.45) is 0 Å². The van der Waals surface area contributed by atoms with Crippen LogP contribution in [0.15, 0.2) is 45.9 Å². The fourth-order valence-corrected chi connectivity index (χ4v) is 2.85.